The number of ether oxygens (including phenoxy) is 1. The van der Waals surface area contributed by atoms with Crippen molar-refractivity contribution in [1.29, 1.82) is 0 Å². The first-order valence-electron chi connectivity index (χ1n) is 5.85. The van der Waals surface area contributed by atoms with Crippen LogP contribution in [0.25, 0.3) is 4.85 Å². The fraction of sp³-hybridized carbons (Fsp3) is 0.333. The van der Waals surface area contributed by atoms with Gasteiger partial charge in [-0.3, -0.25) is 15.0 Å². The van der Waals surface area contributed by atoms with Crippen molar-refractivity contribution in [3.63, 3.8) is 0 Å². The van der Waals surface area contributed by atoms with E-state index < -0.39 is 5.66 Å². The third-order valence-electron chi connectivity index (χ3n) is 2.40. The molecule has 0 spiro atoms. The van der Waals surface area contributed by atoms with Gasteiger partial charge in [0.15, 0.2) is 0 Å². The van der Waals surface area contributed by atoms with Crippen molar-refractivity contribution >= 4 is 5.91 Å². The first-order valence-corrected chi connectivity index (χ1v) is 5.85. The maximum absolute atomic E-state index is 12.0. The lowest BCUT2D eigenvalue weighted by atomic mass is 10.1. The molecule has 98 valence electrons. The highest BCUT2D eigenvalue weighted by Gasteiger charge is 2.32. The monoisotopic (exact) mass is 256 g/mol. The van der Waals surface area contributed by atoms with Gasteiger partial charge >= 0.3 is 5.66 Å². The smallest absolute Gasteiger partial charge is 0.328 e. The van der Waals surface area contributed by atoms with Crippen molar-refractivity contribution < 1.29 is 9.53 Å². The van der Waals surface area contributed by atoms with Crippen LogP contribution in [-0.4, -0.2) is 24.8 Å². The summed E-state index contributed by atoms with van der Waals surface area (Å²) in [5.74, 6) is 5.15. The van der Waals surface area contributed by atoms with E-state index in [2.05, 4.69) is 22.0 Å². The second-order valence-corrected chi connectivity index (χ2v) is 4.13. The SMILES string of the molecule is [C-]#[N+]C(C)(COCC#CC)NC(=O)c1ccccc1. The molecule has 0 fully saturated rings. The van der Waals surface area contributed by atoms with Crippen molar-refractivity contribution in [2.45, 2.75) is 19.5 Å². The van der Waals surface area contributed by atoms with Gasteiger partial charge in [-0.1, -0.05) is 24.1 Å². The predicted molar refractivity (Wildman–Crippen MR) is 73.2 cm³/mol. The Bertz CT molecular complexity index is 523. The van der Waals surface area contributed by atoms with E-state index in [1.54, 1.807) is 38.1 Å². The maximum atomic E-state index is 12.0. The zero-order valence-corrected chi connectivity index (χ0v) is 11.1. The molecule has 0 aromatic heterocycles. The molecule has 0 aliphatic heterocycles. The van der Waals surface area contributed by atoms with Crippen LogP contribution >= 0.6 is 0 Å². The van der Waals surface area contributed by atoms with E-state index in [4.69, 9.17) is 11.3 Å². The molecule has 1 rings (SSSR count). The molecule has 0 heterocycles. The average molecular weight is 256 g/mol. The molecule has 0 aliphatic rings. The van der Waals surface area contributed by atoms with Gasteiger partial charge in [0.2, 0.25) is 0 Å². The minimum absolute atomic E-state index is 0.101. The van der Waals surface area contributed by atoms with E-state index >= 15 is 0 Å². The summed E-state index contributed by atoms with van der Waals surface area (Å²) in [5.41, 5.74) is -0.562. The van der Waals surface area contributed by atoms with Crippen LogP contribution in [0.2, 0.25) is 0 Å². The standard InChI is InChI=1S/C15H16N2O2/c1-4-5-11-19-12-15(2,16-3)17-14(18)13-9-7-6-8-10-13/h6-10H,11-12H2,1-2H3,(H,17,18). The first-order chi connectivity index (χ1) is 9.11. The molecule has 0 saturated carbocycles. The normalized spacial score (nSPS) is 12.5. The summed E-state index contributed by atoms with van der Waals surface area (Å²) in [6, 6.07) is 8.78. The van der Waals surface area contributed by atoms with Gasteiger partial charge in [-0.25, -0.2) is 6.57 Å². The number of rotatable bonds is 5. The summed E-state index contributed by atoms with van der Waals surface area (Å²) in [7, 11) is 0. The summed E-state index contributed by atoms with van der Waals surface area (Å²) in [6.07, 6.45) is 0. The minimum atomic E-state index is -1.08. The largest absolute Gasteiger partial charge is 0.358 e. The second-order valence-electron chi connectivity index (χ2n) is 4.13. The van der Waals surface area contributed by atoms with Crippen molar-refractivity contribution in [1.82, 2.24) is 5.32 Å². The van der Waals surface area contributed by atoms with Crippen LogP contribution in [0.4, 0.5) is 0 Å². The predicted octanol–water partition coefficient (Wildman–Crippen LogP) is 2.09. The lowest BCUT2D eigenvalue weighted by Crippen LogP contribution is -2.47. The molecular formula is C15H16N2O2. The molecule has 0 aliphatic carbocycles. The number of carbonyl (C=O) groups excluding carboxylic acids is 1. The van der Waals surface area contributed by atoms with E-state index in [1.807, 2.05) is 6.07 Å². The third kappa shape index (κ3) is 4.83. The quantitative estimate of drug-likeness (QED) is 0.498. The Morgan fingerprint density at radius 3 is 2.74 bits per heavy atom. The van der Waals surface area contributed by atoms with Crippen LogP contribution < -0.4 is 5.32 Å². The summed E-state index contributed by atoms with van der Waals surface area (Å²) in [6.45, 7) is 10.9. The summed E-state index contributed by atoms with van der Waals surface area (Å²) >= 11 is 0. The third-order valence-corrected chi connectivity index (χ3v) is 2.40. The van der Waals surface area contributed by atoms with Crippen molar-refractivity contribution in [3.8, 4) is 11.8 Å². The Morgan fingerprint density at radius 2 is 2.16 bits per heavy atom. The molecular weight excluding hydrogens is 240 g/mol. The zero-order valence-electron chi connectivity index (χ0n) is 11.1. The van der Waals surface area contributed by atoms with E-state index in [0.717, 1.165) is 0 Å². The number of nitrogens with zero attached hydrogens (tertiary/aromatic N) is 1. The highest BCUT2D eigenvalue weighted by Crippen LogP contribution is 2.09. The number of hydrogen-bond acceptors (Lipinski definition) is 2. The molecule has 1 N–H and O–H groups in total. The molecule has 4 heteroatoms. The summed E-state index contributed by atoms with van der Waals surface area (Å²) in [4.78, 5) is 15.4. The molecule has 1 unspecified atom stereocenters. The molecule has 1 aromatic rings. The number of nitrogens with one attached hydrogen (secondary N) is 1. The van der Waals surface area contributed by atoms with Crippen LogP contribution in [0.5, 0.6) is 0 Å². The molecule has 1 atom stereocenters. The van der Waals surface area contributed by atoms with Gasteiger partial charge in [0.25, 0.3) is 5.91 Å². The van der Waals surface area contributed by atoms with Crippen LogP contribution in [0.1, 0.15) is 24.2 Å². The molecule has 4 nitrogen and oxygen atoms in total. The van der Waals surface area contributed by atoms with Crippen molar-refractivity contribution in [2.75, 3.05) is 13.2 Å². The minimum Gasteiger partial charge on any atom is -0.358 e. The molecule has 1 amide bonds. The Morgan fingerprint density at radius 1 is 1.47 bits per heavy atom. The summed E-state index contributed by atoms with van der Waals surface area (Å²) in [5, 5.41) is 2.67. The second kappa shape index (κ2) is 7.20. The van der Waals surface area contributed by atoms with Crippen LogP contribution in [0, 0.1) is 18.4 Å². The van der Waals surface area contributed by atoms with Gasteiger partial charge < -0.3 is 4.74 Å². The highest BCUT2D eigenvalue weighted by atomic mass is 16.5. The fourth-order valence-electron chi connectivity index (χ4n) is 1.38. The Kier molecular flexibility index (Phi) is 5.60. The van der Waals surface area contributed by atoms with Gasteiger partial charge in [0.1, 0.15) is 13.2 Å². The first kappa shape index (κ1) is 14.8. The number of amides is 1. The molecule has 19 heavy (non-hydrogen) atoms. The molecule has 0 radical (unpaired) electrons. The topological polar surface area (TPSA) is 42.7 Å². The number of carbonyl (C=O) groups is 1. The number of benzene rings is 1. The average Bonchev–Trinajstić information content (AvgIpc) is 2.44. The van der Waals surface area contributed by atoms with E-state index in [-0.39, 0.29) is 19.1 Å². The van der Waals surface area contributed by atoms with Crippen LogP contribution in [0.15, 0.2) is 30.3 Å². The van der Waals surface area contributed by atoms with Gasteiger partial charge in [-0.15, -0.1) is 5.92 Å². The summed E-state index contributed by atoms with van der Waals surface area (Å²) < 4.78 is 5.26. The van der Waals surface area contributed by atoms with Crippen LogP contribution in [-0.2, 0) is 4.74 Å². The fourth-order valence-corrected chi connectivity index (χ4v) is 1.38. The van der Waals surface area contributed by atoms with E-state index in [0.29, 0.717) is 5.56 Å². The highest BCUT2D eigenvalue weighted by molar-refractivity contribution is 5.94. The Labute approximate surface area is 113 Å². The van der Waals surface area contributed by atoms with Gasteiger partial charge in [-0.05, 0) is 19.1 Å². The van der Waals surface area contributed by atoms with E-state index in [1.165, 1.54) is 0 Å². The van der Waals surface area contributed by atoms with E-state index in [9.17, 15) is 4.79 Å². The van der Waals surface area contributed by atoms with Crippen molar-refractivity contribution in [2.24, 2.45) is 0 Å². The molecule has 0 saturated heterocycles. The zero-order chi connectivity index (χ0) is 14.1. The maximum Gasteiger partial charge on any atom is 0.328 e. The molecule has 1 aromatic carbocycles. The Hall–Kier alpha value is -2.30. The van der Waals surface area contributed by atoms with Gasteiger partial charge in [-0.2, -0.15) is 0 Å². The van der Waals surface area contributed by atoms with Crippen LogP contribution in [0.3, 0.4) is 0 Å². The Balaban J connectivity index is 2.62. The van der Waals surface area contributed by atoms with Gasteiger partial charge in [0, 0.05) is 12.5 Å². The molecule has 0 bridgehead atoms. The lowest BCUT2D eigenvalue weighted by molar-refractivity contribution is 0.0815. The number of hydrogen-bond donors (Lipinski definition) is 1. The van der Waals surface area contributed by atoms with Crippen molar-refractivity contribution in [3.05, 3.63) is 47.3 Å². The van der Waals surface area contributed by atoms with Gasteiger partial charge in [0.05, 0.1) is 0 Å². The lowest BCUT2D eigenvalue weighted by Gasteiger charge is -2.18.